The van der Waals surface area contributed by atoms with E-state index in [-0.39, 0.29) is 49.6 Å². The Balaban J connectivity index is 1.30. The quantitative estimate of drug-likeness (QED) is 0.517. The molecule has 7 nitrogen and oxygen atoms in total. The highest BCUT2D eigenvalue weighted by Crippen LogP contribution is 2.37. The molecule has 2 aliphatic heterocycles. The molecule has 4 fully saturated rings. The van der Waals surface area contributed by atoms with Gasteiger partial charge < -0.3 is 19.3 Å². The van der Waals surface area contributed by atoms with Crippen LogP contribution in [0.1, 0.15) is 64.2 Å². The molecule has 0 radical (unpaired) electrons. The highest BCUT2D eigenvalue weighted by atomic mass is 32.2. The van der Waals surface area contributed by atoms with Crippen molar-refractivity contribution in [2.75, 3.05) is 19.8 Å². The van der Waals surface area contributed by atoms with E-state index in [1.54, 1.807) is 6.08 Å². The topological polar surface area (TPSA) is 94.1 Å². The molecule has 2 saturated carbocycles. The molecular formula is C23H39NO6S. The van der Waals surface area contributed by atoms with E-state index in [1.165, 1.54) is 32.1 Å². The zero-order chi connectivity index (χ0) is 21.8. The van der Waals surface area contributed by atoms with Crippen molar-refractivity contribution >= 4 is 10.0 Å². The maximum absolute atomic E-state index is 12.9. The normalized spacial score (nSPS) is 39.5. The molecule has 0 bridgehead atoms. The van der Waals surface area contributed by atoms with Gasteiger partial charge in [0.25, 0.3) is 0 Å². The summed E-state index contributed by atoms with van der Waals surface area (Å²) in [6.45, 7) is 4.67. The Kier molecular flexibility index (Phi) is 8.09. The number of hydrogen-bond donors (Lipinski definition) is 2. The molecule has 0 aromatic carbocycles. The van der Waals surface area contributed by atoms with E-state index >= 15 is 0 Å². The average molecular weight is 458 g/mol. The number of hydrogen-bond acceptors (Lipinski definition) is 6. The Labute approximate surface area is 187 Å². The van der Waals surface area contributed by atoms with Crippen LogP contribution in [0.2, 0.25) is 0 Å². The van der Waals surface area contributed by atoms with Crippen LogP contribution in [0.25, 0.3) is 0 Å². The van der Waals surface area contributed by atoms with Gasteiger partial charge in [0.05, 0.1) is 30.7 Å². The molecule has 0 spiro atoms. The van der Waals surface area contributed by atoms with Crippen LogP contribution in [0.5, 0.6) is 0 Å². The Hall–Kier alpha value is -0.510. The number of nitrogens with one attached hydrogen (secondary N) is 1. The first-order valence-corrected chi connectivity index (χ1v) is 13.7. The van der Waals surface area contributed by atoms with Gasteiger partial charge in [0.1, 0.15) is 18.3 Å². The SMILES string of the molecule is C=CC1CCCCC1S(=O)(=O)NC[C@@H]1C[C@@H]2O[C@H](CO)[C@@H](OCC3CCCCC3)[C@@H]2O1. The molecule has 0 aromatic heterocycles. The fourth-order valence-corrected chi connectivity index (χ4v) is 7.69. The molecule has 31 heavy (non-hydrogen) atoms. The van der Waals surface area contributed by atoms with Crippen molar-refractivity contribution in [1.29, 1.82) is 0 Å². The van der Waals surface area contributed by atoms with Gasteiger partial charge in [-0.05, 0) is 37.5 Å². The molecular weight excluding hydrogens is 418 g/mol. The zero-order valence-electron chi connectivity index (χ0n) is 18.5. The minimum absolute atomic E-state index is 0.0151. The predicted octanol–water partition coefficient (Wildman–Crippen LogP) is 2.53. The third-order valence-corrected chi connectivity index (χ3v) is 9.60. The average Bonchev–Trinajstić information content (AvgIpc) is 3.34. The van der Waals surface area contributed by atoms with Gasteiger partial charge in [-0.25, -0.2) is 13.1 Å². The lowest BCUT2D eigenvalue weighted by Gasteiger charge is -2.30. The van der Waals surface area contributed by atoms with E-state index in [1.807, 2.05) is 0 Å². The van der Waals surface area contributed by atoms with Crippen LogP contribution >= 0.6 is 0 Å². The first kappa shape index (κ1) is 23.6. The van der Waals surface area contributed by atoms with Gasteiger partial charge in [0.15, 0.2) is 0 Å². The number of sulfonamides is 1. The summed E-state index contributed by atoms with van der Waals surface area (Å²) in [5.41, 5.74) is 0. The van der Waals surface area contributed by atoms with Gasteiger partial charge in [0, 0.05) is 13.0 Å². The highest BCUT2D eigenvalue weighted by molar-refractivity contribution is 7.90. The molecule has 2 heterocycles. The molecule has 2 unspecified atom stereocenters. The Morgan fingerprint density at radius 2 is 1.81 bits per heavy atom. The Morgan fingerprint density at radius 3 is 2.55 bits per heavy atom. The second-order valence-electron chi connectivity index (χ2n) is 9.77. The third kappa shape index (κ3) is 5.53. The van der Waals surface area contributed by atoms with Crippen LogP contribution in [0.3, 0.4) is 0 Å². The van der Waals surface area contributed by atoms with Crippen molar-refractivity contribution in [1.82, 2.24) is 4.72 Å². The number of ether oxygens (including phenoxy) is 3. The lowest BCUT2D eigenvalue weighted by molar-refractivity contribution is -0.0943. The lowest BCUT2D eigenvalue weighted by Crippen LogP contribution is -2.43. The zero-order valence-corrected chi connectivity index (χ0v) is 19.3. The van der Waals surface area contributed by atoms with E-state index < -0.39 is 15.3 Å². The fraction of sp³-hybridized carbons (Fsp3) is 0.913. The molecule has 2 N–H and O–H groups in total. The van der Waals surface area contributed by atoms with Crippen LogP contribution in [0.4, 0.5) is 0 Å². The van der Waals surface area contributed by atoms with Crippen molar-refractivity contribution < 1.29 is 27.7 Å². The minimum atomic E-state index is -3.42. The number of fused-ring (bicyclic) bond motifs is 1. The smallest absolute Gasteiger partial charge is 0.215 e. The number of allylic oxidation sites excluding steroid dienone is 1. The van der Waals surface area contributed by atoms with Crippen molar-refractivity contribution in [3.8, 4) is 0 Å². The van der Waals surface area contributed by atoms with Gasteiger partial charge in [-0.2, -0.15) is 0 Å². The number of rotatable bonds is 9. The largest absolute Gasteiger partial charge is 0.394 e. The van der Waals surface area contributed by atoms with Crippen molar-refractivity contribution in [2.24, 2.45) is 11.8 Å². The Bertz CT molecular complexity index is 694. The van der Waals surface area contributed by atoms with E-state index in [9.17, 15) is 13.5 Å². The standard InChI is InChI=1S/C23H39NO6S/c1-2-17-10-6-7-11-21(17)31(26,27)24-13-18-12-19-23(29-18)22(20(14-25)30-19)28-15-16-8-4-3-5-9-16/h2,16-25H,1,3-15H2/t17?,18-,19-,20+,21?,22+,23+/m0/s1. The lowest BCUT2D eigenvalue weighted by atomic mass is 9.89. The highest BCUT2D eigenvalue weighted by Gasteiger charge is 2.51. The maximum atomic E-state index is 12.9. The summed E-state index contributed by atoms with van der Waals surface area (Å²) in [6, 6.07) is 0. The van der Waals surface area contributed by atoms with Crippen molar-refractivity contribution in [2.45, 2.75) is 100.0 Å². The molecule has 0 amide bonds. The molecule has 7 atom stereocenters. The maximum Gasteiger partial charge on any atom is 0.215 e. The molecule has 4 rings (SSSR count). The first-order chi connectivity index (χ1) is 15.0. The molecule has 2 saturated heterocycles. The number of aliphatic hydroxyl groups is 1. The van der Waals surface area contributed by atoms with E-state index in [0.29, 0.717) is 25.4 Å². The summed E-state index contributed by atoms with van der Waals surface area (Å²) in [5, 5.41) is 9.34. The second-order valence-corrected chi connectivity index (χ2v) is 11.8. The summed E-state index contributed by atoms with van der Waals surface area (Å²) in [7, 11) is -3.42. The molecule has 2 aliphatic carbocycles. The van der Waals surface area contributed by atoms with E-state index in [2.05, 4.69) is 11.3 Å². The van der Waals surface area contributed by atoms with Crippen LogP contribution in [0, 0.1) is 11.8 Å². The monoisotopic (exact) mass is 457 g/mol. The summed E-state index contributed by atoms with van der Waals surface area (Å²) in [6.07, 6.45) is 10.9. The van der Waals surface area contributed by atoms with Gasteiger partial charge in [-0.1, -0.05) is 38.2 Å². The fourth-order valence-electron chi connectivity index (χ4n) is 5.87. The van der Waals surface area contributed by atoms with E-state index in [4.69, 9.17) is 14.2 Å². The van der Waals surface area contributed by atoms with Gasteiger partial charge in [-0.15, -0.1) is 6.58 Å². The third-order valence-electron chi connectivity index (χ3n) is 7.65. The van der Waals surface area contributed by atoms with Crippen LogP contribution in [-0.4, -0.2) is 69.1 Å². The summed E-state index contributed by atoms with van der Waals surface area (Å²) < 4.78 is 47.0. The summed E-state index contributed by atoms with van der Waals surface area (Å²) >= 11 is 0. The molecule has 8 heteroatoms. The van der Waals surface area contributed by atoms with Gasteiger partial charge in [0.2, 0.25) is 10.0 Å². The van der Waals surface area contributed by atoms with Crippen molar-refractivity contribution in [3.63, 3.8) is 0 Å². The van der Waals surface area contributed by atoms with Crippen LogP contribution in [0.15, 0.2) is 12.7 Å². The summed E-state index contributed by atoms with van der Waals surface area (Å²) in [4.78, 5) is 0. The minimum Gasteiger partial charge on any atom is -0.394 e. The predicted molar refractivity (Wildman–Crippen MR) is 118 cm³/mol. The molecule has 4 aliphatic rings. The number of aliphatic hydroxyl groups excluding tert-OH is 1. The van der Waals surface area contributed by atoms with Crippen LogP contribution in [-0.2, 0) is 24.2 Å². The van der Waals surface area contributed by atoms with Crippen molar-refractivity contribution in [3.05, 3.63) is 12.7 Å². The molecule has 178 valence electrons. The van der Waals surface area contributed by atoms with Crippen LogP contribution < -0.4 is 4.72 Å². The van der Waals surface area contributed by atoms with E-state index in [0.717, 1.165) is 19.3 Å². The molecule has 0 aromatic rings. The Morgan fingerprint density at radius 1 is 1.06 bits per heavy atom. The van der Waals surface area contributed by atoms with Gasteiger partial charge >= 0.3 is 0 Å². The van der Waals surface area contributed by atoms with Gasteiger partial charge in [-0.3, -0.25) is 0 Å². The second kappa shape index (κ2) is 10.6. The first-order valence-electron chi connectivity index (χ1n) is 12.2. The summed E-state index contributed by atoms with van der Waals surface area (Å²) in [5.74, 6) is 0.589.